The summed E-state index contributed by atoms with van der Waals surface area (Å²) in [6.45, 7) is 6.13. The van der Waals surface area contributed by atoms with Crippen LogP contribution in [0.15, 0.2) is 18.2 Å². The van der Waals surface area contributed by atoms with Gasteiger partial charge in [-0.1, -0.05) is 11.6 Å². The molecule has 0 fully saturated rings. The predicted octanol–water partition coefficient (Wildman–Crippen LogP) is 3.85. The van der Waals surface area contributed by atoms with E-state index in [1.165, 1.54) is 0 Å². The van der Waals surface area contributed by atoms with Gasteiger partial charge >= 0.3 is 6.09 Å². The minimum absolute atomic E-state index is 0.333. The Bertz CT molecular complexity index is 446. The van der Waals surface area contributed by atoms with Crippen molar-refractivity contribution in [2.45, 2.75) is 26.4 Å². The summed E-state index contributed by atoms with van der Waals surface area (Å²) in [5, 5.41) is 3.17. The second-order valence-corrected chi connectivity index (χ2v) is 6.50. The van der Waals surface area contributed by atoms with Crippen LogP contribution in [0.4, 0.5) is 4.79 Å². The second kappa shape index (κ2) is 7.19. The van der Waals surface area contributed by atoms with Crippen molar-refractivity contribution in [3.63, 3.8) is 0 Å². The molecule has 0 spiro atoms. The second-order valence-electron chi connectivity index (χ2n) is 4.85. The van der Waals surface area contributed by atoms with Crippen molar-refractivity contribution in [1.82, 2.24) is 5.32 Å². The third-order valence-corrected chi connectivity index (χ3v) is 2.89. The molecule has 0 aliphatic heterocycles. The minimum atomic E-state index is -0.496. The van der Waals surface area contributed by atoms with E-state index in [0.717, 1.165) is 3.57 Å². The summed E-state index contributed by atoms with van der Waals surface area (Å²) < 4.78 is 11.6. The Morgan fingerprint density at radius 3 is 2.68 bits per heavy atom. The first-order valence-electron chi connectivity index (χ1n) is 5.82. The van der Waals surface area contributed by atoms with E-state index in [-0.39, 0.29) is 0 Å². The molecule has 0 heterocycles. The van der Waals surface area contributed by atoms with Crippen LogP contribution in [0.1, 0.15) is 20.8 Å². The molecule has 1 aromatic carbocycles. The lowest BCUT2D eigenvalue weighted by Crippen LogP contribution is -2.34. The molecule has 1 aromatic rings. The number of ether oxygens (including phenoxy) is 2. The van der Waals surface area contributed by atoms with E-state index in [9.17, 15) is 4.79 Å². The molecule has 0 aliphatic rings. The van der Waals surface area contributed by atoms with E-state index in [0.29, 0.717) is 23.9 Å². The first-order valence-corrected chi connectivity index (χ1v) is 7.28. The highest BCUT2D eigenvalue weighted by atomic mass is 127. The van der Waals surface area contributed by atoms with Gasteiger partial charge in [-0.2, -0.15) is 0 Å². The number of alkyl carbamates (subject to hydrolysis) is 1. The normalized spacial score (nSPS) is 11.0. The SMILES string of the molecule is CC(C)(C)OC(=O)NCCOc1ccc(I)cc1Cl. The Labute approximate surface area is 131 Å². The third kappa shape index (κ3) is 6.87. The van der Waals surface area contributed by atoms with Gasteiger partial charge in [-0.15, -0.1) is 0 Å². The Morgan fingerprint density at radius 1 is 1.42 bits per heavy atom. The van der Waals surface area contributed by atoms with Crippen molar-refractivity contribution < 1.29 is 14.3 Å². The topological polar surface area (TPSA) is 47.6 Å². The van der Waals surface area contributed by atoms with Gasteiger partial charge in [0, 0.05) is 3.57 Å². The highest BCUT2D eigenvalue weighted by Crippen LogP contribution is 2.25. The number of nitrogens with one attached hydrogen (secondary N) is 1. The van der Waals surface area contributed by atoms with E-state index in [2.05, 4.69) is 27.9 Å². The van der Waals surface area contributed by atoms with Gasteiger partial charge < -0.3 is 14.8 Å². The zero-order chi connectivity index (χ0) is 14.5. The summed E-state index contributed by atoms with van der Waals surface area (Å²) in [5.74, 6) is 0.605. The van der Waals surface area contributed by atoms with Gasteiger partial charge in [0.15, 0.2) is 0 Å². The molecule has 1 rings (SSSR count). The van der Waals surface area contributed by atoms with E-state index in [1.807, 2.05) is 32.9 Å². The van der Waals surface area contributed by atoms with Crippen LogP contribution >= 0.6 is 34.2 Å². The fourth-order valence-corrected chi connectivity index (χ4v) is 2.13. The fraction of sp³-hybridized carbons (Fsp3) is 0.462. The smallest absolute Gasteiger partial charge is 0.407 e. The van der Waals surface area contributed by atoms with E-state index in [4.69, 9.17) is 21.1 Å². The summed E-state index contributed by atoms with van der Waals surface area (Å²) in [6.07, 6.45) is -0.454. The van der Waals surface area contributed by atoms with Crippen molar-refractivity contribution in [2.75, 3.05) is 13.2 Å². The van der Waals surface area contributed by atoms with Gasteiger partial charge in [-0.05, 0) is 61.6 Å². The van der Waals surface area contributed by atoms with Crippen LogP contribution in [0.5, 0.6) is 5.75 Å². The fourth-order valence-electron chi connectivity index (χ4n) is 1.22. The number of hydrogen-bond acceptors (Lipinski definition) is 3. The van der Waals surface area contributed by atoms with Gasteiger partial charge in [-0.25, -0.2) is 4.79 Å². The average molecular weight is 398 g/mol. The number of amides is 1. The molecule has 4 nitrogen and oxygen atoms in total. The van der Waals surface area contributed by atoms with Crippen molar-refractivity contribution in [3.8, 4) is 5.75 Å². The molecular weight excluding hydrogens is 381 g/mol. The standard InChI is InChI=1S/C13H17ClINO3/c1-13(2,3)19-12(17)16-6-7-18-11-5-4-9(15)8-10(11)14/h4-5,8H,6-7H2,1-3H3,(H,16,17). The summed E-state index contributed by atoms with van der Waals surface area (Å²) in [6, 6.07) is 5.53. The van der Waals surface area contributed by atoms with E-state index < -0.39 is 11.7 Å². The molecule has 0 aliphatic carbocycles. The van der Waals surface area contributed by atoms with Crippen LogP contribution in [-0.2, 0) is 4.74 Å². The highest BCUT2D eigenvalue weighted by molar-refractivity contribution is 14.1. The Morgan fingerprint density at radius 2 is 2.11 bits per heavy atom. The third-order valence-electron chi connectivity index (χ3n) is 1.92. The molecule has 0 saturated carbocycles. The first kappa shape index (κ1) is 16.4. The summed E-state index contributed by atoms with van der Waals surface area (Å²) in [5.41, 5.74) is -0.496. The molecule has 106 valence electrons. The number of rotatable bonds is 4. The lowest BCUT2D eigenvalue weighted by molar-refractivity contribution is 0.0520. The number of hydrogen-bond donors (Lipinski definition) is 1. The van der Waals surface area contributed by atoms with Crippen LogP contribution in [0.3, 0.4) is 0 Å². The van der Waals surface area contributed by atoms with E-state index >= 15 is 0 Å². The van der Waals surface area contributed by atoms with Crippen molar-refractivity contribution in [2.24, 2.45) is 0 Å². The van der Waals surface area contributed by atoms with Crippen molar-refractivity contribution >= 4 is 40.3 Å². The molecule has 0 aromatic heterocycles. The van der Waals surface area contributed by atoms with Crippen molar-refractivity contribution in [3.05, 3.63) is 26.8 Å². The van der Waals surface area contributed by atoms with Crippen LogP contribution in [-0.4, -0.2) is 24.8 Å². The van der Waals surface area contributed by atoms with E-state index in [1.54, 1.807) is 6.07 Å². The maximum absolute atomic E-state index is 11.4. The van der Waals surface area contributed by atoms with Crippen LogP contribution in [0.2, 0.25) is 5.02 Å². The summed E-state index contributed by atoms with van der Waals surface area (Å²) in [7, 11) is 0. The molecule has 0 atom stereocenters. The molecule has 0 radical (unpaired) electrons. The lowest BCUT2D eigenvalue weighted by atomic mass is 10.2. The van der Waals surface area contributed by atoms with Crippen LogP contribution in [0, 0.1) is 3.57 Å². The number of benzene rings is 1. The Kier molecular flexibility index (Phi) is 6.19. The molecular formula is C13H17ClINO3. The maximum Gasteiger partial charge on any atom is 0.407 e. The average Bonchev–Trinajstić information content (AvgIpc) is 2.24. The first-order chi connectivity index (χ1) is 8.78. The van der Waals surface area contributed by atoms with Gasteiger partial charge in [0.1, 0.15) is 18.0 Å². The zero-order valence-electron chi connectivity index (χ0n) is 11.1. The Balaban J connectivity index is 2.29. The molecule has 6 heteroatoms. The number of halogens is 2. The molecule has 1 amide bonds. The largest absolute Gasteiger partial charge is 0.490 e. The maximum atomic E-state index is 11.4. The number of carbonyl (C=O) groups excluding carboxylic acids is 1. The zero-order valence-corrected chi connectivity index (χ0v) is 14.0. The van der Waals surface area contributed by atoms with Crippen LogP contribution < -0.4 is 10.1 Å². The monoisotopic (exact) mass is 397 g/mol. The lowest BCUT2D eigenvalue weighted by Gasteiger charge is -2.19. The van der Waals surface area contributed by atoms with Gasteiger partial charge in [0.2, 0.25) is 0 Å². The summed E-state index contributed by atoms with van der Waals surface area (Å²) in [4.78, 5) is 11.4. The minimum Gasteiger partial charge on any atom is -0.490 e. The van der Waals surface area contributed by atoms with Crippen LogP contribution in [0.25, 0.3) is 0 Å². The van der Waals surface area contributed by atoms with Crippen molar-refractivity contribution in [1.29, 1.82) is 0 Å². The molecule has 0 bridgehead atoms. The molecule has 1 N–H and O–H groups in total. The van der Waals surface area contributed by atoms with Gasteiger partial charge in [0.05, 0.1) is 11.6 Å². The molecule has 0 saturated heterocycles. The molecule has 0 unspecified atom stereocenters. The number of carbonyl (C=O) groups is 1. The van der Waals surface area contributed by atoms with Gasteiger partial charge in [0.25, 0.3) is 0 Å². The summed E-state index contributed by atoms with van der Waals surface area (Å²) >= 11 is 8.19. The highest BCUT2D eigenvalue weighted by Gasteiger charge is 2.15. The quantitative estimate of drug-likeness (QED) is 0.620. The van der Waals surface area contributed by atoms with Gasteiger partial charge in [-0.3, -0.25) is 0 Å². The predicted molar refractivity (Wildman–Crippen MR) is 83.9 cm³/mol. The molecule has 19 heavy (non-hydrogen) atoms. The Hall–Kier alpha value is -0.690.